The zero-order chi connectivity index (χ0) is 23.5. The molecule has 0 aliphatic carbocycles. The molecule has 10 nitrogen and oxygen atoms in total. The van der Waals surface area contributed by atoms with Crippen LogP contribution in [-0.2, 0) is 20.2 Å². The molecule has 0 saturated carbocycles. The minimum absolute atomic E-state index is 0. The van der Waals surface area contributed by atoms with Gasteiger partial charge in [0.1, 0.15) is 11.5 Å². The van der Waals surface area contributed by atoms with Crippen molar-refractivity contribution in [3.8, 4) is 11.5 Å². The Morgan fingerprint density at radius 2 is 1.03 bits per heavy atom. The van der Waals surface area contributed by atoms with Gasteiger partial charge in [-0.25, -0.2) is 16.8 Å². The van der Waals surface area contributed by atoms with Gasteiger partial charge in [-0.3, -0.25) is 0 Å². The first kappa shape index (κ1) is 33.5. The van der Waals surface area contributed by atoms with Crippen LogP contribution in [-0.4, -0.2) is 50.7 Å². The number of hydrogen-bond donors (Lipinski definition) is 2. The molecule has 0 fully saturated rings. The minimum atomic E-state index is -4.19. The predicted molar refractivity (Wildman–Crippen MR) is 119 cm³/mol. The van der Waals surface area contributed by atoms with Gasteiger partial charge in [0.15, 0.2) is 0 Å². The van der Waals surface area contributed by atoms with Gasteiger partial charge >= 0.3 is 59.1 Å². The molecule has 0 heterocycles. The minimum Gasteiger partial charge on any atom is -0.748 e. The van der Waals surface area contributed by atoms with Gasteiger partial charge in [0, 0.05) is 23.6 Å². The summed E-state index contributed by atoms with van der Waals surface area (Å²) in [5, 5.41) is 0. The summed E-state index contributed by atoms with van der Waals surface area (Å²) in [4.78, 5) is 0. The topological polar surface area (TPSA) is 157 Å². The zero-order valence-corrected chi connectivity index (χ0v) is 25.0. The molecule has 0 bridgehead atoms. The number of nitrogens with one attached hydrogen (secondary N) is 2. The maximum atomic E-state index is 10.6. The number of hydrogen-bond acceptors (Lipinski definition) is 10. The van der Waals surface area contributed by atoms with Crippen molar-refractivity contribution in [2.24, 2.45) is 0 Å². The standard InChI is InChI=1S/C20H28N2O8S2.2Na/c23-31(24,25)13-3-1-11-29-19-9-5-7-17(15-19)21-22-18-8-6-10-20(16-18)30-12-2-4-14-32(26,27)28;;/h5-10,15-16,21-22H,1-4,11-14H2,(H,23,24,25)(H,26,27,28);;/q;2*+1/p-2. The summed E-state index contributed by atoms with van der Waals surface area (Å²) in [7, 11) is -8.38. The molecule has 14 heteroatoms. The number of anilines is 2. The Hall–Kier alpha value is -0.540. The molecule has 0 unspecified atom stereocenters. The molecule has 2 rings (SSSR count). The third-order valence-corrected chi connectivity index (χ3v) is 5.71. The van der Waals surface area contributed by atoms with E-state index in [4.69, 9.17) is 9.47 Å². The van der Waals surface area contributed by atoms with E-state index in [1.165, 1.54) is 0 Å². The Morgan fingerprint density at radius 3 is 1.38 bits per heavy atom. The monoisotopic (exact) mass is 532 g/mol. The van der Waals surface area contributed by atoms with Crippen molar-refractivity contribution >= 4 is 31.6 Å². The quantitative estimate of drug-likeness (QED) is 0.102. The molecule has 0 atom stereocenters. The van der Waals surface area contributed by atoms with E-state index >= 15 is 0 Å². The number of benzene rings is 2. The molecule has 0 aromatic heterocycles. The summed E-state index contributed by atoms with van der Waals surface area (Å²) in [5.74, 6) is 0.400. The Balaban J connectivity index is 0.00000544. The third kappa shape index (κ3) is 16.2. The first-order chi connectivity index (χ1) is 15.1. The van der Waals surface area contributed by atoms with E-state index in [1.54, 1.807) is 36.4 Å². The number of ether oxygens (including phenoxy) is 2. The second-order valence-electron chi connectivity index (χ2n) is 6.94. The van der Waals surface area contributed by atoms with Gasteiger partial charge in [-0.2, -0.15) is 0 Å². The Kier molecular flexibility index (Phi) is 16.7. The number of unbranched alkanes of at least 4 members (excludes halogenated alkanes) is 2. The van der Waals surface area contributed by atoms with E-state index in [0.717, 1.165) is 11.4 Å². The molecule has 0 amide bonds. The van der Waals surface area contributed by atoms with E-state index in [2.05, 4.69) is 10.9 Å². The van der Waals surface area contributed by atoms with Gasteiger partial charge in [0.2, 0.25) is 0 Å². The van der Waals surface area contributed by atoms with Crippen LogP contribution in [0.4, 0.5) is 11.4 Å². The summed E-state index contributed by atoms with van der Waals surface area (Å²) >= 11 is 0. The van der Waals surface area contributed by atoms with Gasteiger partial charge in [0.05, 0.1) is 44.8 Å². The fourth-order valence-electron chi connectivity index (χ4n) is 2.61. The van der Waals surface area contributed by atoms with E-state index in [9.17, 15) is 25.9 Å². The largest absolute Gasteiger partial charge is 1.00 e. The zero-order valence-electron chi connectivity index (χ0n) is 19.4. The number of hydrazine groups is 1. The second-order valence-corrected chi connectivity index (χ2v) is 9.99. The molecule has 34 heavy (non-hydrogen) atoms. The van der Waals surface area contributed by atoms with Crippen molar-refractivity contribution in [3.63, 3.8) is 0 Å². The van der Waals surface area contributed by atoms with Crippen LogP contribution >= 0.6 is 0 Å². The molecule has 0 aliphatic rings. The van der Waals surface area contributed by atoms with E-state index in [0.29, 0.717) is 37.6 Å². The first-order valence-electron chi connectivity index (χ1n) is 9.96. The normalized spacial score (nSPS) is 11.0. The van der Waals surface area contributed by atoms with Gasteiger partial charge in [-0.05, 0) is 49.9 Å². The van der Waals surface area contributed by atoms with Crippen molar-refractivity contribution < 1.29 is 94.5 Å². The first-order valence-corrected chi connectivity index (χ1v) is 13.1. The molecule has 0 radical (unpaired) electrons. The van der Waals surface area contributed by atoms with Crippen molar-refractivity contribution in [3.05, 3.63) is 48.5 Å². The molecule has 2 aromatic carbocycles. The Bertz CT molecular complexity index is 984. The molecular weight excluding hydrogens is 506 g/mol. The van der Waals surface area contributed by atoms with Gasteiger partial charge in [0.25, 0.3) is 0 Å². The molecule has 2 N–H and O–H groups in total. The van der Waals surface area contributed by atoms with Crippen LogP contribution in [0.2, 0.25) is 0 Å². The molecule has 0 aliphatic heterocycles. The number of rotatable bonds is 15. The summed E-state index contributed by atoms with van der Waals surface area (Å²) in [6.45, 7) is 0.596. The average Bonchev–Trinajstić information content (AvgIpc) is 2.71. The van der Waals surface area contributed by atoms with E-state index in [1.807, 2.05) is 12.1 Å². The maximum Gasteiger partial charge on any atom is 1.00 e. The summed E-state index contributed by atoms with van der Waals surface area (Å²) in [6, 6.07) is 14.3. The molecule has 2 aromatic rings. The van der Waals surface area contributed by atoms with Crippen molar-refractivity contribution in [1.29, 1.82) is 0 Å². The Morgan fingerprint density at radius 1 is 0.647 bits per heavy atom. The predicted octanol–water partition coefficient (Wildman–Crippen LogP) is -3.46. The molecule has 0 spiro atoms. The molecular formula is C20H26N2Na2O8S2. The van der Waals surface area contributed by atoms with Crippen LogP contribution in [0.3, 0.4) is 0 Å². The van der Waals surface area contributed by atoms with E-state index < -0.39 is 31.7 Å². The van der Waals surface area contributed by atoms with E-state index in [-0.39, 0.29) is 72.0 Å². The summed E-state index contributed by atoms with van der Waals surface area (Å²) < 4.78 is 74.6. The molecule has 178 valence electrons. The van der Waals surface area contributed by atoms with Gasteiger partial charge in [-0.1, -0.05) is 12.1 Å². The van der Waals surface area contributed by atoms with Crippen LogP contribution in [0, 0.1) is 0 Å². The summed E-state index contributed by atoms with van der Waals surface area (Å²) in [5.41, 5.74) is 7.53. The second kappa shape index (κ2) is 17.0. The van der Waals surface area contributed by atoms with Crippen LogP contribution in [0.5, 0.6) is 11.5 Å². The fourth-order valence-corrected chi connectivity index (χ4v) is 3.73. The smallest absolute Gasteiger partial charge is 0.748 e. The Labute approximate surface area is 245 Å². The van der Waals surface area contributed by atoms with Gasteiger partial charge < -0.3 is 29.4 Å². The third-order valence-electron chi connectivity index (χ3n) is 4.13. The van der Waals surface area contributed by atoms with Crippen molar-refractivity contribution in [2.45, 2.75) is 25.7 Å². The van der Waals surface area contributed by atoms with Crippen LogP contribution in [0.25, 0.3) is 0 Å². The van der Waals surface area contributed by atoms with Crippen LogP contribution in [0.1, 0.15) is 25.7 Å². The average molecular weight is 533 g/mol. The molecule has 0 saturated heterocycles. The maximum absolute atomic E-state index is 10.6. The van der Waals surface area contributed by atoms with Crippen LogP contribution < -0.4 is 79.4 Å². The SMILES string of the molecule is O=S(=O)([O-])CCCCOc1cccc(NNc2cccc(OCCCCS(=O)(=O)[O-])c2)c1.[Na+].[Na+]. The van der Waals surface area contributed by atoms with Crippen molar-refractivity contribution in [2.75, 3.05) is 35.6 Å². The van der Waals surface area contributed by atoms with Crippen molar-refractivity contribution in [1.82, 2.24) is 0 Å². The fraction of sp³-hybridized carbons (Fsp3) is 0.400. The van der Waals surface area contributed by atoms with Crippen LogP contribution in [0.15, 0.2) is 48.5 Å². The summed E-state index contributed by atoms with van der Waals surface area (Å²) in [6.07, 6.45) is 1.41. The van der Waals surface area contributed by atoms with Gasteiger partial charge in [-0.15, -0.1) is 0 Å².